The van der Waals surface area contributed by atoms with E-state index in [1.165, 1.54) is 83.3 Å². The number of phosphoric acid groups is 1. The standard InChI is InChI=1S/C26H52NO6P/c1-4-5-6-7-8-9-10-11-12-13-14-15-16-17-21-31-23-26(28)24-33-34(29,30)32-22-25-19-18-20-27(25,2)3/h22,26,28H,4-21,23-24H2,1-3H3/p+1. The number of hydrogen-bond acceptors (Lipinski definition) is 5. The molecule has 1 saturated heterocycles. The van der Waals surface area contributed by atoms with Crippen LogP contribution in [0, 0.1) is 0 Å². The van der Waals surface area contributed by atoms with Crippen LogP contribution >= 0.6 is 7.82 Å². The fraction of sp³-hybridized carbons (Fsp3) is 0.923. The Bertz CT molecular complexity index is 584. The van der Waals surface area contributed by atoms with Gasteiger partial charge in [-0.3, -0.25) is 13.9 Å². The minimum atomic E-state index is -4.23. The topological polar surface area (TPSA) is 85.2 Å². The number of hydrogen-bond donors (Lipinski definition) is 2. The summed E-state index contributed by atoms with van der Waals surface area (Å²) in [7, 11) is -0.169. The molecule has 1 aliphatic heterocycles. The summed E-state index contributed by atoms with van der Waals surface area (Å²) < 4.78 is 28.0. The van der Waals surface area contributed by atoms with Crippen molar-refractivity contribution in [2.24, 2.45) is 0 Å². The van der Waals surface area contributed by atoms with Crippen molar-refractivity contribution in [1.82, 2.24) is 0 Å². The van der Waals surface area contributed by atoms with Crippen LogP contribution in [-0.4, -0.2) is 61.0 Å². The van der Waals surface area contributed by atoms with Crippen molar-refractivity contribution in [3.63, 3.8) is 0 Å². The van der Waals surface area contributed by atoms with Crippen LogP contribution in [0.25, 0.3) is 0 Å². The molecule has 0 bridgehead atoms. The van der Waals surface area contributed by atoms with Crippen LogP contribution in [0.5, 0.6) is 0 Å². The predicted molar refractivity (Wildman–Crippen MR) is 138 cm³/mol. The average Bonchev–Trinajstić information content (AvgIpc) is 3.14. The summed E-state index contributed by atoms with van der Waals surface area (Å²) in [6, 6.07) is 0. The Balaban J connectivity index is 1.91. The molecule has 202 valence electrons. The number of phosphoric ester groups is 1. The Morgan fingerprint density at radius 2 is 1.44 bits per heavy atom. The van der Waals surface area contributed by atoms with Gasteiger partial charge in [0, 0.05) is 19.4 Å². The Hall–Kier alpha value is -0.430. The second-order valence-corrected chi connectivity index (χ2v) is 11.7. The van der Waals surface area contributed by atoms with Crippen molar-refractivity contribution < 1.29 is 32.8 Å². The van der Waals surface area contributed by atoms with Crippen LogP contribution in [0.2, 0.25) is 0 Å². The minimum Gasteiger partial charge on any atom is -0.406 e. The molecule has 8 heteroatoms. The number of quaternary nitrogens is 1. The molecule has 1 rings (SSSR count). The van der Waals surface area contributed by atoms with Crippen LogP contribution in [0.3, 0.4) is 0 Å². The second-order valence-electron chi connectivity index (χ2n) is 10.3. The van der Waals surface area contributed by atoms with Crippen molar-refractivity contribution in [3.05, 3.63) is 12.0 Å². The van der Waals surface area contributed by atoms with Crippen molar-refractivity contribution in [2.75, 3.05) is 40.5 Å². The molecule has 1 fully saturated rings. The van der Waals surface area contributed by atoms with E-state index in [0.29, 0.717) is 11.1 Å². The highest BCUT2D eigenvalue weighted by Crippen LogP contribution is 2.44. The summed E-state index contributed by atoms with van der Waals surface area (Å²) in [5.74, 6) is 0. The molecule has 2 N–H and O–H groups in total. The highest BCUT2D eigenvalue weighted by atomic mass is 31.2. The van der Waals surface area contributed by atoms with Gasteiger partial charge in [0.25, 0.3) is 0 Å². The second kappa shape index (κ2) is 18.8. The van der Waals surface area contributed by atoms with Crippen molar-refractivity contribution in [1.29, 1.82) is 0 Å². The van der Waals surface area contributed by atoms with E-state index >= 15 is 0 Å². The van der Waals surface area contributed by atoms with Crippen LogP contribution in [0.15, 0.2) is 12.0 Å². The molecule has 7 nitrogen and oxygen atoms in total. The van der Waals surface area contributed by atoms with Crippen molar-refractivity contribution in [2.45, 2.75) is 116 Å². The maximum atomic E-state index is 12.0. The number of allylic oxidation sites excluding steroid dienone is 1. The van der Waals surface area contributed by atoms with Gasteiger partial charge in [-0.15, -0.1) is 0 Å². The smallest absolute Gasteiger partial charge is 0.406 e. The van der Waals surface area contributed by atoms with Gasteiger partial charge in [-0.2, -0.15) is 0 Å². The lowest BCUT2D eigenvalue weighted by Crippen LogP contribution is -2.33. The monoisotopic (exact) mass is 506 g/mol. The van der Waals surface area contributed by atoms with E-state index < -0.39 is 13.9 Å². The van der Waals surface area contributed by atoms with Crippen LogP contribution in [0.4, 0.5) is 0 Å². The van der Waals surface area contributed by atoms with E-state index in [1.54, 1.807) is 0 Å². The summed E-state index contributed by atoms with van der Waals surface area (Å²) in [6.07, 6.45) is 20.6. The highest BCUT2D eigenvalue weighted by molar-refractivity contribution is 7.47. The van der Waals surface area contributed by atoms with Gasteiger partial charge in [0.15, 0.2) is 6.26 Å². The number of unbranched alkanes of at least 4 members (excludes halogenated alkanes) is 13. The molecule has 0 radical (unpaired) electrons. The Kier molecular flexibility index (Phi) is 17.5. The Morgan fingerprint density at radius 3 is 1.94 bits per heavy atom. The summed E-state index contributed by atoms with van der Waals surface area (Å²) in [5, 5.41) is 9.93. The van der Waals surface area contributed by atoms with E-state index in [9.17, 15) is 14.6 Å². The van der Waals surface area contributed by atoms with E-state index in [4.69, 9.17) is 13.8 Å². The van der Waals surface area contributed by atoms with E-state index in [1.807, 2.05) is 14.1 Å². The minimum absolute atomic E-state index is 0.0868. The molecule has 0 aromatic heterocycles. The maximum absolute atomic E-state index is 12.0. The molecule has 0 spiro atoms. The lowest BCUT2D eigenvalue weighted by molar-refractivity contribution is -0.843. The molecule has 0 aliphatic carbocycles. The SMILES string of the molecule is CCCCCCCCCCCCCCCCOCC(O)COP(=O)(O)OC=C1CCC[N+]1(C)C. The van der Waals surface area contributed by atoms with Crippen LogP contribution in [0.1, 0.15) is 110 Å². The third-order valence-corrected chi connectivity index (χ3v) is 7.48. The fourth-order valence-corrected chi connectivity index (χ4v) is 4.98. The quantitative estimate of drug-likeness (QED) is 0.0736. The zero-order chi connectivity index (χ0) is 25.1. The number of likely N-dealkylation sites (tertiary alicyclic amines) is 1. The summed E-state index contributed by atoms with van der Waals surface area (Å²) in [6.45, 7) is 3.61. The van der Waals surface area contributed by atoms with Crippen molar-refractivity contribution >= 4 is 7.82 Å². The third kappa shape index (κ3) is 16.3. The first-order chi connectivity index (χ1) is 16.3. The van der Waals surface area contributed by atoms with Crippen LogP contribution in [-0.2, 0) is 18.3 Å². The fourth-order valence-electron chi connectivity index (χ4n) is 4.31. The first-order valence-corrected chi connectivity index (χ1v) is 15.2. The zero-order valence-corrected chi connectivity index (χ0v) is 23.1. The first-order valence-electron chi connectivity index (χ1n) is 13.7. The summed E-state index contributed by atoms with van der Waals surface area (Å²) in [5.41, 5.74) is 0.954. The van der Waals surface area contributed by atoms with Gasteiger partial charge in [-0.1, -0.05) is 90.4 Å². The van der Waals surface area contributed by atoms with E-state index in [2.05, 4.69) is 6.92 Å². The van der Waals surface area contributed by atoms with Gasteiger partial charge in [0.1, 0.15) is 11.8 Å². The lowest BCUT2D eigenvalue weighted by Gasteiger charge is -2.24. The van der Waals surface area contributed by atoms with Gasteiger partial charge < -0.3 is 14.4 Å². The van der Waals surface area contributed by atoms with Crippen LogP contribution < -0.4 is 0 Å². The molecule has 0 saturated carbocycles. The van der Waals surface area contributed by atoms with E-state index in [0.717, 1.165) is 37.9 Å². The first kappa shape index (κ1) is 31.6. The molecule has 0 amide bonds. The molecule has 1 heterocycles. The zero-order valence-electron chi connectivity index (χ0n) is 22.2. The molecule has 1 aliphatic rings. The number of nitrogens with zero attached hydrogens (tertiary/aromatic N) is 1. The van der Waals surface area contributed by atoms with Gasteiger partial charge in [0.05, 0.1) is 33.9 Å². The molecular weight excluding hydrogens is 453 g/mol. The molecule has 0 aromatic carbocycles. The predicted octanol–water partition coefficient (Wildman–Crippen LogP) is 6.69. The van der Waals surface area contributed by atoms with Gasteiger partial charge >= 0.3 is 7.82 Å². The lowest BCUT2D eigenvalue weighted by atomic mass is 10.0. The van der Waals surface area contributed by atoms with Gasteiger partial charge in [-0.25, -0.2) is 4.57 Å². The Morgan fingerprint density at radius 1 is 0.912 bits per heavy atom. The molecule has 2 atom stereocenters. The highest BCUT2D eigenvalue weighted by Gasteiger charge is 2.31. The average molecular weight is 507 g/mol. The number of rotatable bonds is 22. The largest absolute Gasteiger partial charge is 0.527 e. The number of aliphatic hydroxyl groups is 1. The third-order valence-electron chi connectivity index (χ3n) is 6.63. The number of aliphatic hydroxyl groups excluding tert-OH is 1. The van der Waals surface area contributed by atoms with Gasteiger partial charge in [-0.05, 0) is 6.42 Å². The van der Waals surface area contributed by atoms with Crippen molar-refractivity contribution in [3.8, 4) is 0 Å². The summed E-state index contributed by atoms with van der Waals surface area (Å²) in [4.78, 5) is 9.81. The maximum Gasteiger partial charge on any atom is 0.527 e. The van der Waals surface area contributed by atoms with Gasteiger partial charge in [0.2, 0.25) is 0 Å². The number of ether oxygens (including phenoxy) is 1. The molecule has 0 aromatic rings. The Labute approximate surface area is 209 Å². The summed E-state index contributed by atoms with van der Waals surface area (Å²) >= 11 is 0. The molecule has 34 heavy (non-hydrogen) atoms. The normalized spacial score (nSPS) is 19.4. The van der Waals surface area contributed by atoms with E-state index in [-0.39, 0.29) is 13.2 Å². The molecular formula is C26H53NO6P+. The molecule has 2 unspecified atom stereocenters.